The number of hydrogen-bond acceptors (Lipinski definition) is 2. The molecule has 1 aromatic heterocycles. The molecule has 0 bridgehead atoms. The fourth-order valence-corrected chi connectivity index (χ4v) is 1.48. The summed E-state index contributed by atoms with van der Waals surface area (Å²) in [5, 5.41) is 2.17. The van der Waals surface area contributed by atoms with Crippen LogP contribution in [-0.4, -0.2) is 10.9 Å². The van der Waals surface area contributed by atoms with Crippen molar-refractivity contribution in [2.24, 2.45) is 0 Å². The quantitative estimate of drug-likeness (QED) is 0.868. The van der Waals surface area contributed by atoms with Crippen LogP contribution in [0.15, 0.2) is 36.5 Å². The molecule has 1 N–H and O–H groups in total. The van der Waals surface area contributed by atoms with Gasteiger partial charge in [-0.1, -0.05) is 6.07 Å². The maximum absolute atomic E-state index is 13.3. The van der Waals surface area contributed by atoms with Crippen molar-refractivity contribution in [3.63, 3.8) is 0 Å². The summed E-state index contributed by atoms with van der Waals surface area (Å²) in [6.07, 6.45) is 1.43. The van der Waals surface area contributed by atoms with Crippen molar-refractivity contribution in [1.82, 2.24) is 4.98 Å². The number of halogens is 3. The second kappa shape index (κ2) is 5.51. The number of amides is 1. The summed E-state index contributed by atoms with van der Waals surface area (Å²) in [4.78, 5) is 15.5. The van der Waals surface area contributed by atoms with Crippen LogP contribution >= 0.6 is 0 Å². The van der Waals surface area contributed by atoms with Gasteiger partial charge in [-0.3, -0.25) is 9.78 Å². The summed E-state index contributed by atoms with van der Waals surface area (Å²) in [7, 11) is 0. The standard InChI is InChI=1S/C13H9F3N2O/c14-9-4-5-10(13(16)12(9)15)18-11(19)7-8-3-1-2-6-17-8/h1-6H,7H2,(H,18,19). The molecule has 0 saturated carbocycles. The first kappa shape index (κ1) is 13.1. The van der Waals surface area contributed by atoms with E-state index in [1.165, 1.54) is 6.20 Å². The first-order valence-electron chi connectivity index (χ1n) is 5.41. The van der Waals surface area contributed by atoms with Crippen molar-refractivity contribution in [3.05, 3.63) is 59.7 Å². The number of hydrogen-bond donors (Lipinski definition) is 1. The molecular formula is C13H9F3N2O. The van der Waals surface area contributed by atoms with Crippen LogP contribution in [0.25, 0.3) is 0 Å². The number of aromatic nitrogens is 1. The minimum atomic E-state index is -1.62. The van der Waals surface area contributed by atoms with Crippen LogP contribution in [0.5, 0.6) is 0 Å². The molecule has 1 amide bonds. The van der Waals surface area contributed by atoms with Gasteiger partial charge in [0, 0.05) is 11.9 Å². The molecule has 0 saturated heterocycles. The highest BCUT2D eigenvalue weighted by atomic mass is 19.2. The lowest BCUT2D eigenvalue weighted by molar-refractivity contribution is -0.115. The van der Waals surface area contributed by atoms with Crippen LogP contribution in [0.3, 0.4) is 0 Å². The molecule has 0 atom stereocenters. The number of carbonyl (C=O) groups excluding carboxylic acids is 1. The first-order valence-corrected chi connectivity index (χ1v) is 5.41. The van der Waals surface area contributed by atoms with E-state index in [-0.39, 0.29) is 6.42 Å². The topological polar surface area (TPSA) is 42.0 Å². The summed E-state index contributed by atoms with van der Waals surface area (Å²) in [5.41, 5.74) is 0.0859. The zero-order chi connectivity index (χ0) is 13.8. The van der Waals surface area contributed by atoms with Crippen molar-refractivity contribution in [1.29, 1.82) is 0 Å². The Hall–Kier alpha value is -2.37. The van der Waals surface area contributed by atoms with Gasteiger partial charge in [0.2, 0.25) is 5.91 Å². The molecule has 0 aliphatic carbocycles. The first-order chi connectivity index (χ1) is 9.08. The van der Waals surface area contributed by atoms with E-state index >= 15 is 0 Å². The molecule has 0 spiro atoms. The Labute approximate surface area is 107 Å². The van der Waals surface area contributed by atoms with Crippen LogP contribution < -0.4 is 5.32 Å². The van der Waals surface area contributed by atoms with Crippen molar-refractivity contribution >= 4 is 11.6 Å². The largest absolute Gasteiger partial charge is 0.323 e. The van der Waals surface area contributed by atoms with Gasteiger partial charge in [-0.25, -0.2) is 13.2 Å². The van der Waals surface area contributed by atoms with E-state index in [4.69, 9.17) is 0 Å². The van der Waals surface area contributed by atoms with E-state index in [1.807, 2.05) is 0 Å². The Bertz CT molecular complexity index is 602. The van der Waals surface area contributed by atoms with Crippen molar-refractivity contribution in [2.45, 2.75) is 6.42 Å². The fraction of sp³-hybridized carbons (Fsp3) is 0.0769. The normalized spacial score (nSPS) is 10.3. The fourth-order valence-electron chi connectivity index (χ4n) is 1.48. The lowest BCUT2D eigenvalue weighted by Gasteiger charge is -2.07. The highest BCUT2D eigenvalue weighted by Crippen LogP contribution is 2.19. The SMILES string of the molecule is O=C(Cc1ccccn1)Nc1ccc(F)c(F)c1F. The van der Waals surface area contributed by atoms with E-state index in [1.54, 1.807) is 18.2 Å². The van der Waals surface area contributed by atoms with Crippen molar-refractivity contribution in [2.75, 3.05) is 5.32 Å². The predicted octanol–water partition coefficient (Wildman–Crippen LogP) is 2.68. The Balaban J connectivity index is 2.10. The van der Waals surface area contributed by atoms with Crippen LogP contribution in [0.4, 0.5) is 18.9 Å². The van der Waals surface area contributed by atoms with E-state index in [9.17, 15) is 18.0 Å². The summed E-state index contributed by atoms with van der Waals surface area (Å²) in [5.74, 6) is -4.91. The van der Waals surface area contributed by atoms with Crippen LogP contribution in [-0.2, 0) is 11.2 Å². The van der Waals surface area contributed by atoms with E-state index in [0.717, 1.165) is 12.1 Å². The summed E-state index contributed by atoms with van der Waals surface area (Å²) < 4.78 is 39.0. The molecule has 1 aromatic carbocycles. The van der Waals surface area contributed by atoms with Crippen molar-refractivity contribution in [3.8, 4) is 0 Å². The molecule has 6 heteroatoms. The van der Waals surface area contributed by atoms with Gasteiger partial charge in [0.25, 0.3) is 0 Å². The Morgan fingerprint density at radius 3 is 2.58 bits per heavy atom. The zero-order valence-electron chi connectivity index (χ0n) is 9.66. The van der Waals surface area contributed by atoms with Gasteiger partial charge in [-0.05, 0) is 24.3 Å². The Morgan fingerprint density at radius 1 is 1.11 bits per heavy atom. The number of nitrogens with one attached hydrogen (secondary N) is 1. The van der Waals surface area contributed by atoms with E-state index in [2.05, 4.69) is 10.3 Å². The summed E-state index contributed by atoms with van der Waals surface area (Å²) in [6, 6.07) is 6.73. The molecule has 0 unspecified atom stereocenters. The van der Waals surface area contributed by atoms with Crippen LogP contribution in [0, 0.1) is 17.5 Å². The van der Waals surface area contributed by atoms with Gasteiger partial charge in [0.1, 0.15) is 0 Å². The highest BCUT2D eigenvalue weighted by Gasteiger charge is 2.15. The molecular weight excluding hydrogens is 257 g/mol. The maximum atomic E-state index is 13.3. The van der Waals surface area contributed by atoms with Gasteiger partial charge >= 0.3 is 0 Å². The summed E-state index contributed by atoms with van der Waals surface area (Å²) in [6.45, 7) is 0. The molecule has 19 heavy (non-hydrogen) atoms. The lowest BCUT2D eigenvalue weighted by Crippen LogP contribution is -2.16. The van der Waals surface area contributed by atoms with Gasteiger partial charge in [-0.15, -0.1) is 0 Å². The monoisotopic (exact) mass is 266 g/mol. The average molecular weight is 266 g/mol. The number of rotatable bonds is 3. The molecule has 2 rings (SSSR count). The summed E-state index contributed by atoms with van der Waals surface area (Å²) >= 11 is 0. The number of carbonyl (C=O) groups is 1. The minimum absolute atomic E-state index is 0.0841. The Kier molecular flexibility index (Phi) is 3.79. The van der Waals surface area contributed by atoms with Gasteiger partial charge in [-0.2, -0.15) is 0 Å². The molecule has 3 nitrogen and oxygen atoms in total. The second-order valence-corrected chi connectivity index (χ2v) is 3.77. The third kappa shape index (κ3) is 3.09. The predicted molar refractivity (Wildman–Crippen MR) is 62.9 cm³/mol. The van der Waals surface area contributed by atoms with Gasteiger partial charge in [0.15, 0.2) is 17.5 Å². The number of anilines is 1. The zero-order valence-corrected chi connectivity index (χ0v) is 9.66. The number of benzene rings is 1. The van der Waals surface area contributed by atoms with Gasteiger partial charge in [0.05, 0.1) is 12.1 Å². The Morgan fingerprint density at radius 2 is 1.89 bits per heavy atom. The van der Waals surface area contributed by atoms with Crippen LogP contribution in [0.1, 0.15) is 5.69 Å². The third-order valence-corrected chi connectivity index (χ3v) is 2.38. The lowest BCUT2D eigenvalue weighted by atomic mass is 10.2. The molecule has 1 heterocycles. The number of pyridine rings is 1. The molecule has 0 fully saturated rings. The smallest absolute Gasteiger partial charge is 0.230 e. The van der Waals surface area contributed by atoms with E-state index < -0.39 is 29.0 Å². The van der Waals surface area contributed by atoms with Gasteiger partial charge < -0.3 is 5.32 Å². The molecule has 0 aliphatic heterocycles. The molecule has 2 aromatic rings. The van der Waals surface area contributed by atoms with E-state index in [0.29, 0.717) is 5.69 Å². The molecule has 0 aliphatic rings. The molecule has 98 valence electrons. The van der Waals surface area contributed by atoms with Crippen LogP contribution in [0.2, 0.25) is 0 Å². The average Bonchev–Trinajstić information content (AvgIpc) is 2.41. The highest BCUT2D eigenvalue weighted by molar-refractivity contribution is 5.92. The maximum Gasteiger partial charge on any atom is 0.230 e. The molecule has 0 radical (unpaired) electrons. The number of nitrogens with zero attached hydrogens (tertiary/aromatic N) is 1. The van der Waals surface area contributed by atoms with Crippen molar-refractivity contribution < 1.29 is 18.0 Å². The third-order valence-electron chi connectivity index (χ3n) is 2.38. The minimum Gasteiger partial charge on any atom is -0.323 e. The second-order valence-electron chi connectivity index (χ2n) is 3.77.